The van der Waals surface area contributed by atoms with Crippen molar-refractivity contribution in [2.24, 2.45) is 5.73 Å². The first kappa shape index (κ1) is 17.6. The SMILES string of the molecule is COc1cccc(C(N)COC(C(F)(F)F)C(F)(F)F)c1. The van der Waals surface area contributed by atoms with E-state index in [1.165, 1.54) is 25.3 Å². The Hall–Kier alpha value is -1.48. The molecule has 1 atom stereocenters. The molecule has 0 heterocycles. The van der Waals surface area contributed by atoms with Crippen molar-refractivity contribution in [3.05, 3.63) is 29.8 Å². The van der Waals surface area contributed by atoms with Gasteiger partial charge in [0, 0.05) is 0 Å². The third-order valence-electron chi connectivity index (χ3n) is 2.56. The van der Waals surface area contributed by atoms with E-state index in [0.29, 0.717) is 11.3 Å². The van der Waals surface area contributed by atoms with Crippen molar-refractivity contribution >= 4 is 0 Å². The van der Waals surface area contributed by atoms with Gasteiger partial charge in [-0.05, 0) is 17.7 Å². The molecule has 3 nitrogen and oxygen atoms in total. The minimum atomic E-state index is -5.55. The Balaban J connectivity index is 2.76. The standard InChI is InChI=1S/C12H13F6NO2/c1-20-8-4-2-3-7(5-8)9(19)6-21-10(11(13,14)15)12(16,17)18/h2-5,9-10H,6,19H2,1H3. The Bertz CT molecular complexity index is 446. The summed E-state index contributed by atoms with van der Waals surface area (Å²) in [4.78, 5) is 0. The zero-order chi connectivity index (χ0) is 16.3. The van der Waals surface area contributed by atoms with Gasteiger partial charge >= 0.3 is 12.4 Å². The number of ether oxygens (including phenoxy) is 2. The maximum absolute atomic E-state index is 12.3. The van der Waals surface area contributed by atoms with E-state index < -0.39 is 31.1 Å². The van der Waals surface area contributed by atoms with Crippen LogP contribution >= 0.6 is 0 Å². The second kappa shape index (κ2) is 6.52. The van der Waals surface area contributed by atoms with Gasteiger partial charge in [0.15, 0.2) is 0 Å². The maximum Gasteiger partial charge on any atom is 0.423 e. The minimum Gasteiger partial charge on any atom is -0.497 e. The zero-order valence-corrected chi connectivity index (χ0v) is 10.8. The number of hydrogen-bond donors (Lipinski definition) is 1. The normalized spacial score (nSPS) is 14.3. The van der Waals surface area contributed by atoms with Crippen LogP contribution in [0.2, 0.25) is 0 Å². The van der Waals surface area contributed by atoms with E-state index in [1.54, 1.807) is 6.07 Å². The summed E-state index contributed by atoms with van der Waals surface area (Å²) in [5.74, 6) is 0.381. The first-order valence-electron chi connectivity index (χ1n) is 5.70. The molecule has 0 bridgehead atoms. The van der Waals surface area contributed by atoms with Crippen LogP contribution in [0, 0.1) is 0 Å². The van der Waals surface area contributed by atoms with Crippen molar-refractivity contribution in [3.8, 4) is 5.75 Å². The minimum absolute atomic E-state index is 0.303. The number of halogens is 6. The Morgan fingerprint density at radius 3 is 2.14 bits per heavy atom. The number of methoxy groups -OCH3 is 1. The molecule has 0 aliphatic heterocycles. The summed E-state index contributed by atoms with van der Waals surface area (Å²) >= 11 is 0. The average Bonchev–Trinajstić information content (AvgIpc) is 2.35. The second-order valence-electron chi connectivity index (χ2n) is 4.18. The Morgan fingerprint density at radius 2 is 1.67 bits per heavy atom. The van der Waals surface area contributed by atoms with Crippen LogP contribution in [-0.2, 0) is 4.74 Å². The van der Waals surface area contributed by atoms with E-state index in [9.17, 15) is 26.3 Å². The largest absolute Gasteiger partial charge is 0.497 e. The fraction of sp³-hybridized carbons (Fsp3) is 0.500. The molecule has 1 rings (SSSR count). The number of rotatable bonds is 5. The summed E-state index contributed by atoms with van der Waals surface area (Å²) in [7, 11) is 1.37. The highest BCUT2D eigenvalue weighted by Crippen LogP contribution is 2.36. The fourth-order valence-electron chi connectivity index (χ4n) is 1.54. The zero-order valence-electron chi connectivity index (χ0n) is 10.8. The topological polar surface area (TPSA) is 44.5 Å². The van der Waals surface area contributed by atoms with Gasteiger partial charge in [-0.25, -0.2) is 0 Å². The molecule has 1 aromatic carbocycles. The lowest BCUT2D eigenvalue weighted by Gasteiger charge is -2.24. The monoisotopic (exact) mass is 317 g/mol. The van der Waals surface area contributed by atoms with Crippen molar-refractivity contribution in [2.45, 2.75) is 24.5 Å². The highest BCUT2D eigenvalue weighted by Gasteiger charge is 2.58. The van der Waals surface area contributed by atoms with E-state index >= 15 is 0 Å². The third-order valence-corrected chi connectivity index (χ3v) is 2.56. The van der Waals surface area contributed by atoms with Gasteiger partial charge in [0.25, 0.3) is 0 Å². The van der Waals surface area contributed by atoms with Crippen molar-refractivity contribution in [1.29, 1.82) is 0 Å². The molecule has 0 aliphatic rings. The van der Waals surface area contributed by atoms with Crippen LogP contribution in [-0.4, -0.2) is 32.2 Å². The highest BCUT2D eigenvalue weighted by molar-refractivity contribution is 5.30. The number of hydrogen-bond acceptors (Lipinski definition) is 3. The van der Waals surface area contributed by atoms with Gasteiger partial charge < -0.3 is 15.2 Å². The number of alkyl halides is 6. The Morgan fingerprint density at radius 1 is 1.10 bits per heavy atom. The van der Waals surface area contributed by atoms with Gasteiger partial charge in [-0.1, -0.05) is 12.1 Å². The molecule has 1 aromatic rings. The Labute approximate surface area is 116 Å². The lowest BCUT2D eigenvalue weighted by Crippen LogP contribution is -2.45. The first-order chi connectivity index (χ1) is 9.55. The summed E-state index contributed by atoms with van der Waals surface area (Å²) in [5, 5.41) is 0. The maximum atomic E-state index is 12.3. The lowest BCUT2D eigenvalue weighted by atomic mass is 10.1. The molecule has 0 radical (unpaired) electrons. The van der Waals surface area contributed by atoms with Crippen molar-refractivity contribution in [2.75, 3.05) is 13.7 Å². The molecule has 0 fully saturated rings. The van der Waals surface area contributed by atoms with Gasteiger partial charge in [-0.3, -0.25) is 0 Å². The van der Waals surface area contributed by atoms with E-state index in [4.69, 9.17) is 10.5 Å². The highest BCUT2D eigenvalue weighted by atomic mass is 19.4. The molecule has 21 heavy (non-hydrogen) atoms. The van der Waals surface area contributed by atoms with Gasteiger partial charge in [0.1, 0.15) is 5.75 Å². The van der Waals surface area contributed by atoms with Crippen molar-refractivity contribution in [3.63, 3.8) is 0 Å². The summed E-state index contributed by atoms with van der Waals surface area (Å²) in [6.07, 6.45) is -15.0. The predicted octanol–water partition coefficient (Wildman–Crippen LogP) is 3.20. The summed E-state index contributed by atoms with van der Waals surface area (Å²) in [6.45, 7) is -0.934. The van der Waals surface area contributed by atoms with Crippen molar-refractivity contribution in [1.82, 2.24) is 0 Å². The van der Waals surface area contributed by atoms with Gasteiger partial charge in [-0.15, -0.1) is 0 Å². The molecule has 0 saturated carbocycles. The van der Waals surface area contributed by atoms with Crippen LogP contribution in [0.4, 0.5) is 26.3 Å². The van der Waals surface area contributed by atoms with E-state index in [0.717, 1.165) is 0 Å². The summed E-state index contributed by atoms with van der Waals surface area (Å²) in [6, 6.07) is 4.79. The molecular weight excluding hydrogens is 304 g/mol. The summed E-state index contributed by atoms with van der Waals surface area (Å²) in [5.41, 5.74) is 5.84. The Kier molecular flexibility index (Phi) is 5.46. The van der Waals surface area contributed by atoms with Crippen LogP contribution < -0.4 is 10.5 Å². The molecule has 120 valence electrons. The molecule has 0 amide bonds. The van der Waals surface area contributed by atoms with E-state index in [2.05, 4.69) is 4.74 Å². The molecule has 1 unspecified atom stereocenters. The quantitative estimate of drug-likeness (QED) is 0.848. The molecule has 0 aliphatic carbocycles. The predicted molar refractivity (Wildman–Crippen MR) is 61.8 cm³/mol. The third kappa shape index (κ3) is 5.09. The van der Waals surface area contributed by atoms with E-state index in [1.807, 2.05) is 0 Å². The van der Waals surface area contributed by atoms with Gasteiger partial charge in [0.05, 0.1) is 19.8 Å². The average molecular weight is 317 g/mol. The van der Waals surface area contributed by atoms with Gasteiger partial charge in [-0.2, -0.15) is 26.3 Å². The first-order valence-corrected chi connectivity index (χ1v) is 5.70. The van der Waals surface area contributed by atoms with Crippen LogP contribution in [0.3, 0.4) is 0 Å². The van der Waals surface area contributed by atoms with Gasteiger partial charge in [0.2, 0.25) is 6.10 Å². The second-order valence-corrected chi connectivity index (χ2v) is 4.18. The van der Waals surface area contributed by atoms with Crippen LogP contribution in [0.25, 0.3) is 0 Å². The smallest absolute Gasteiger partial charge is 0.423 e. The number of benzene rings is 1. The molecule has 2 N–H and O–H groups in total. The van der Waals surface area contributed by atoms with Crippen LogP contribution in [0.5, 0.6) is 5.75 Å². The molecule has 0 spiro atoms. The lowest BCUT2D eigenvalue weighted by molar-refractivity contribution is -0.322. The summed E-state index contributed by atoms with van der Waals surface area (Å²) < 4.78 is 82.5. The molecule has 0 aromatic heterocycles. The molecular formula is C12H13F6NO2. The fourth-order valence-corrected chi connectivity index (χ4v) is 1.54. The van der Waals surface area contributed by atoms with Crippen molar-refractivity contribution < 1.29 is 35.8 Å². The van der Waals surface area contributed by atoms with Crippen LogP contribution in [0.15, 0.2) is 24.3 Å². The molecule has 9 heteroatoms. The van der Waals surface area contributed by atoms with Crippen LogP contribution in [0.1, 0.15) is 11.6 Å². The van der Waals surface area contributed by atoms with E-state index in [-0.39, 0.29) is 0 Å². The molecule has 0 saturated heterocycles. The number of nitrogens with two attached hydrogens (primary N) is 1.